The first-order chi connectivity index (χ1) is 7.02. The molecule has 15 heavy (non-hydrogen) atoms. The molecule has 5 heteroatoms. The van der Waals surface area contributed by atoms with Crippen LogP contribution in [-0.4, -0.2) is 18.4 Å². The van der Waals surface area contributed by atoms with E-state index < -0.39 is 11.8 Å². The van der Waals surface area contributed by atoms with E-state index in [2.05, 4.69) is 21.6 Å². The maximum Gasteiger partial charge on any atom is 0.542 e. The summed E-state index contributed by atoms with van der Waals surface area (Å²) in [6.07, 6.45) is 2.03. The second kappa shape index (κ2) is 7.48. The van der Waals surface area contributed by atoms with Crippen molar-refractivity contribution in [3.05, 3.63) is 0 Å². The summed E-state index contributed by atoms with van der Waals surface area (Å²) in [7, 11) is 0. The van der Waals surface area contributed by atoms with Gasteiger partial charge >= 0.3 is 6.16 Å². The van der Waals surface area contributed by atoms with Crippen molar-refractivity contribution in [1.82, 2.24) is 0 Å². The van der Waals surface area contributed by atoms with Crippen molar-refractivity contribution in [2.45, 2.75) is 52.6 Å². The highest BCUT2D eigenvalue weighted by molar-refractivity contribution is 5.58. The van der Waals surface area contributed by atoms with Gasteiger partial charge in [-0.25, -0.2) is 9.68 Å². The molecule has 0 aromatic carbocycles. The van der Waals surface area contributed by atoms with Crippen molar-refractivity contribution in [3.8, 4) is 0 Å². The molecule has 0 amide bonds. The lowest BCUT2D eigenvalue weighted by atomic mass is 10.0. The Kier molecular flexibility index (Phi) is 7.07. The SMILES string of the molecule is CCCCC(C)(C)OOOC(=O)OCC. The molecule has 0 aliphatic heterocycles. The summed E-state index contributed by atoms with van der Waals surface area (Å²) in [4.78, 5) is 19.8. The van der Waals surface area contributed by atoms with E-state index in [-0.39, 0.29) is 6.61 Å². The third kappa shape index (κ3) is 8.20. The van der Waals surface area contributed by atoms with Crippen LogP contribution in [-0.2, 0) is 19.6 Å². The predicted molar refractivity (Wildman–Crippen MR) is 53.9 cm³/mol. The lowest BCUT2D eigenvalue weighted by molar-refractivity contribution is -0.517. The molecular weight excluding hydrogens is 200 g/mol. The van der Waals surface area contributed by atoms with Gasteiger partial charge in [-0.2, -0.15) is 4.89 Å². The predicted octanol–water partition coefficient (Wildman–Crippen LogP) is 2.99. The van der Waals surface area contributed by atoms with Crippen molar-refractivity contribution >= 4 is 6.16 Å². The Bertz CT molecular complexity index is 179. The Morgan fingerprint density at radius 1 is 1.27 bits per heavy atom. The molecule has 0 spiro atoms. The largest absolute Gasteiger partial charge is 0.542 e. The minimum absolute atomic E-state index is 0.238. The summed E-state index contributed by atoms with van der Waals surface area (Å²) in [5, 5.41) is 4.34. The number of unbranched alkanes of at least 4 members (excludes halogenated alkanes) is 1. The van der Waals surface area contributed by atoms with E-state index in [9.17, 15) is 4.79 Å². The van der Waals surface area contributed by atoms with Crippen LogP contribution in [0.25, 0.3) is 0 Å². The number of ether oxygens (including phenoxy) is 1. The Morgan fingerprint density at radius 3 is 2.47 bits per heavy atom. The molecule has 5 nitrogen and oxygen atoms in total. The zero-order chi connectivity index (χ0) is 11.7. The Labute approximate surface area is 90.5 Å². The minimum atomic E-state index is -0.899. The van der Waals surface area contributed by atoms with Crippen LogP contribution in [0.4, 0.5) is 4.79 Å². The fraction of sp³-hybridized carbons (Fsp3) is 0.900. The van der Waals surface area contributed by atoms with E-state index in [1.54, 1.807) is 6.92 Å². The van der Waals surface area contributed by atoms with Crippen molar-refractivity contribution in [2.24, 2.45) is 0 Å². The minimum Gasteiger partial charge on any atom is -0.433 e. The van der Waals surface area contributed by atoms with Gasteiger partial charge < -0.3 is 4.74 Å². The standard InChI is InChI=1S/C10H20O5/c1-5-7-8-10(3,4)14-15-13-9(11)12-6-2/h5-8H2,1-4H3. The number of carbonyl (C=O) groups excluding carboxylic acids is 1. The van der Waals surface area contributed by atoms with Gasteiger partial charge in [-0.3, -0.25) is 0 Å². The molecule has 0 heterocycles. The summed E-state index contributed by atoms with van der Waals surface area (Å²) >= 11 is 0. The van der Waals surface area contributed by atoms with Crippen LogP contribution in [0.3, 0.4) is 0 Å². The molecule has 0 saturated heterocycles. The van der Waals surface area contributed by atoms with Gasteiger partial charge in [-0.15, -0.1) is 0 Å². The molecule has 0 unspecified atom stereocenters. The number of hydrogen-bond donors (Lipinski definition) is 0. The Hall–Kier alpha value is -0.810. The normalized spacial score (nSPS) is 11.2. The van der Waals surface area contributed by atoms with Crippen molar-refractivity contribution in [1.29, 1.82) is 0 Å². The first-order valence-corrected chi connectivity index (χ1v) is 5.21. The third-order valence-electron chi connectivity index (χ3n) is 1.76. The molecule has 0 aliphatic carbocycles. The second-order valence-corrected chi connectivity index (χ2v) is 3.78. The smallest absolute Gasteiger partial charge is 0.433 e. The van der Waals surface area contributed by atoms with Crippen LogP contribution in [0.15, 0.2) is 0 Å². The molecule has 0 aromatic heterocycles. The zero-order valence-corrected chi connectivity index (χ0v) is 9.87. The molecule has 0 aromatic rings. The van der Waals surface area contributed by atoms with E-state index in [1.165, 1.54) is 0 Å². The van der Waals surface area contributed by atoms with Gasteiger partial charge in [0.05, 0.1) is 6.61 Å². The van der Waals surface area contributed by atoms with E-state index >= 15 is 0 Å². The topological polar surface area (TPSA) is 54.0 Å². The highest BCUT2D eigenvalue weighted by atomic mass is 17.5. The second-order valence-electron chi connectivity index (χ2n) is 3.78. The molecule has 0 atom stereocenters. The van der Waals surface area contributed by atoms with Gasteiger partial charge in [0.1, 0.15) is 5.60 Å². The van der Waals surface area contributed by atoms with Gasteiger partial charge in [-0.1, -0.05) is 19.8 Å². The molecule has 0 saturated carbocycles. The summed E-state index contributed by atoms with van der Waals surface area (Å²) in [6, 6.07) is 0. The van der Waals surface area contributed by atoms with Crippen LogP contribution in [0, 0.1) is 0 Å². The van der Waals surface area contributed by atoms with Crippen molar-refractivity contribution in [3.63, 3.8) is 0 Å². The lowest BCUT2D eigenvalue weighted by Gasteiger charge is -2.21. The van der Waals surface area contributed by atoms with Crippen molar-refractivity contribution in [2.75, 3.05) is 6.61 Å². The van der Waals surface area contributed by atoms with Gasteiger partial charge in [0.2, 0.25) is 0 Å². The van der Waals surface area contributed by atoms with Crippen LogP contribution < -0.4 is 0 Å². The first-order valence-electron chi connectivity index (χ1n) is 5.21. The van der Waals surface area contributed by atoms with Crippen LogP contribution in [0.5, 0.6) is 0 Å². The molecule has 0 N–H and O–H groups in total. The highest BCUT2D eigenvalue weighted by Gasteiger charge is 2.20. The Morgan fingerprint density at radius 2 is 1.93 bits per heavy atom. The summed E-state index contributed by atoms with van der Waals surface area (Å²) in [5.74, 6) is 0. The van der Waals surface area contributed by atoms with E-state index in [0.29, 0.717) is 0 Å². The fourth-order valence-corrected chi connectivity index (χ4v) is 0.923. The maximum atomic E-state index is 10.7. The highest BCUT2D eigenvalue weighted by Crippen LogP contribution is 2.18. The van der Waals surface area contributed by atoms with Gasteiger partial charge in [0.15, 0.2) is 0 Å². The fourth-order valence-electron chi connectivity index (χ4n) is 0.923. The average molecular weight is 220 g/mol. The van der Waals surface area contributed by atoms with Crippen LogP contribution in [0.1, 0.15) is 47.0 Å². The lowest BCUT2D eigenvalue weighted by Crippen LogP contribution is -2.25. The quantitative estimate of drug-likeness (QED) is 0.375. The molecule has 0 radical (unpaired) electrons. The third-order valence-corrected chi connectivity index (χ3v) is 1.76. The number of hydrogen-bond acceptors (Lipinski definition) is 5. The number of carbonyl (C=O) groups is 1. The number of rotatable bonds is 7. The molecule has 0 fully saturated rings. The first kappa shape index (κ1) is 14.2. The molecule has 0 aliphatic rings. The molecular formula is C10H20O5. The molecule has 0 bridgehead atoms. The summed E-state index contributed by atoms with van der Waals surface area (Å²) < 4.78 is 4.47. The molecule has 0 rings (SSSR count). The van der Waals surface area contributed by atoms with E-state index in [0.717, 1.165) is 19.3 Å². The van der Waals surface area contributed by atoms with Gasteiger partial charge in [0.25, 0.3) is 0 Å². The zero-order valence-electron chi connectivity index (χ0n) is 9.87. The monoisotopic (exact) mass is 220 g/mol. The summed E-state index contributed by atoms with van der Waals surface area (Å²) in [5.41, 5.74) is -0.470. The summed E-state index contributed by atoms with van der Waals surface area (Å²) in [6.45, 7) is 7.72. The van der Waals surface area contributed by atoms with E-state index in [4.69, 9.17) is 4.89 Å². The van der Waals surface area contributed by atoms with Crippen molar-refractivity contribution < 1.29 is 24.3 Å². The Balaban J connectivity index is 3.60. The van der Waals surface area contributed by atoms with Gasteiger partial charge in [-0.05, 0) is 32.2 Å². The van der Waals surface area contributed by atoms with Crippen LogP contribution in [0.2, 0.25) is 0 Å². The van der Waals surface area contributed by atoms with Crippen LogP contribution >= 0.6 is 0 Å². The average Bonchev–Trinajstić information content (AvgIpc) is 2.15. The van der Waals surface area contributed by atoms with E-state index in [1.807, 2.05) is 13.8 Å². The maximum absolute atomic E-state index is 10.7. The van der Waals surface area contributed by atoms with Gasteiger partial charge in [0, 0.05) is 0 Å². The molecule has 90 valence electrons.